The molecule has 8 nitrogen and oxygen atoms in total. The number of hydrogen-bond donors (Lipinski definition) is 1. The maximum absolute atomic E-state index is 12.5. The zero-order valence-corrected chi connectivity index (χ0v) is 14.6. The molecule has 0 aromatic heterocycles. The van der Waals surface area contributed by atoms with Crippen molar-refractivity contribution in [2.24, 2.45) is 5.92 Å². The molecule has 1 N–H and O–H groups in total. The number of hydrogen-bond acceptors (Lipinski definition) is 5. The lowest BCUT2D eigenvalue weighted by Gasteiger charge is -2.30. The van der Waals surface area contributed by atoms with E-state index in [1.54, 1.807) is 4.90 Å². The van der Waals surface area contributed by atoms with E-state index in [2.05, 4.69) is 12.2 Å². The number of imide groups is 1. The molecular formula is C17H25N3O5. The van der Waals surface area contributed by atoms with Crippen LogP contribution in [0, 0.1) is 5.92 Å². The number of urea groups is 1. The molecule has 0 bridgehead atoms. The lowest BCUT2D eigenvalue weighted by atomic mass is 9.98. The average Bonchev–Trinajstić information content (AvgIpc) is 3.14. The van der Waals surface area contributed by atoms with Crippen molar-refractivity contribution in [2.45, 2.75) is 51.0 Å². The Morgan fingerprint density at radius 2 is 1.96 bits per heavy atom. The van der Waals surface area contributed by atoms with Crippen LogP contribution in [0.5, 0.6) is 0 Å². The molecule has 1 atom stereocenters. The van der Waals surface area contributed by atoms with Crippen LogP contribution in [0.15, 0.2) is 0 Å². The molecular weight excluding hydrogens is 326 g/mol. The highest BCUT2D eigenvalue weighted by molar-refractivity contribution is 6.08. The van der Waals surface area contributed by atoms with E-state index in [1.165, 1.54) is 0 Å². The Hall–Kier alpha value is -2.12. The molecule has 0 aromatic carbocycles. The van der Waals surface area contributed by atoms with Gasteiger partial charge in [-0.2, -0.15) is 0 Å². The summed E-state index contributed by atoms with van der Waals surface area (Å²) < 4.78 is 5.00. The van der Waals surface area contributed by atoms with Gasteiger partial charge < -0.3 is 15.0 Å². The molecule has 1 saturated carbocycles. The fourth-order valence-electron chi connectivity index (χ4n) is 3.96. The quantitative estimate of drug-likeness (QED) is 0.593. The highest BCUT2D eigenvalue weighted by Crippen LogP contribution is 2.34. The first-order valence-electron chi connectivity index (χ1n) is 8.99. The number of rotatable bonds is 4. The highest BCUT2D eigenvalue weighted by Gasteiger charge is 2.52. The number of esters is 1. The maximum Gasteiger partial charge on any atom is 0.326 e. The minimum Gasteiger partial charge on any atom is -0.454 e. The number of likely N-dealkylation sites (tertiary alicyclic amines) is 1. The molecule has 0 unspecified atom stereocenters. The first-order valence-corrected chi connectivity index (χ1v) is 8.99. The number of nitrogens with zero attached hydrogens (tertiary/aromatic N) is 2. The van der Waals surface area contributed by atoms with Crippen LogP contribution in [0.1, 0.15) is 45.4 Å². The molecule has 3 fully saturated rings. The van der Waals surface area contributed by atoms with Gasteiger partial charge in [0.05, 0.1) is 0 Å². The molecule has 2 saturated heterocycles. The van der Waals surface area contributed by atoms with E-state index in [0.717, 1.165) is 30.6 Å². The van der Waals surface area contributed by atoms with Gasteiger partial charge in [-0.1, -0.05) is 19.8 Å². The van der Waals surface area contributed by atoms with Gasteiger partial charge in [0.25, 0.3) is 11.8 Å². The smallest absolute Gasteiger partial charge is 0.326 e. The summed E-state index contributed by atoms with van der Waals surface area (Å²) in [5.41, 5.74) is -0.836. The molecule has 8 heteroatoms. The van der Waals surface area contributed by atoms with Gasteiger partial charge in [0.2, 0.25) is 0 Å². The fraction of sp³-hybridized carbons (Fsp3) is 0.765. The Bertz CT molecular complexity index is 585. The fourth-order valence-corrected chi connectivity index (χ4v) is 3.96. The van der Waals surface area contributed by atoms with Crippen molar-refractivity contribution in [1.29, 1.82) is 0 Å². The third-order valence-corrected chi connectivity index (χ3v) is 5.36. The second kappa shape index (κ2) is 7.01. The lowest BCUT2D eigenvalue weighted by Crippen LogP contribution is -2.45. The van der Waals surface area contributed by atoms with Crippen molar-refractivity contribution >= 4 is 23.8 Å². The standard InChI is InChI=1S/C17H25N3O5/c1-12-5-4-8-19(9-12)13(21)11-25-14(22)10-20-15(23)17(18-16(20)24)6-2-3-7-17/h12H,2-11H2,1H3,(H,18,24)/t12-/m0/s1. The van der Waals surface area contributed by atoms with E-state index in [9.17, 15) is 19.2 Å². The van der Waals surface area contributed by atoms with Crippen LogP contribution in [0.3, 0.4) is 0 Å². The molecule has 3 rings (SSSR count). The lowest BCUT2D eigenvalue weighted by molar-refractivity contribution is -0.154. The first-order chi connectivity index (χ1) is 11.9. The second-order valence-corrected chi connectivity index (χ2v) is 7.36. The number of piperidine rings is 1. The Balaban J connectivity index is 1.48. The molecule has 1 aliphatic carbocycles. The van der Waals surface area contributed by atoms with Crippen LogP contribution in [0.2, 0.25) is 0 Å². The van der Waals surface area contributed by atoms with Crippen LogP contribution in [-0.2, 0) is 19.1 Å². The van der Waals surface area contributed by atoms with Gasteiger partial charge in [0.1, 0.15) is 12.1 Å². The molecule has 4 amide bonds. The molecule has 0 aromatic rings. The zero-order valence-electron chi connectivity index (χ0n) is 14.6. The van der Waals surface area contributed by atoms with Crippen LogP contribution < -0.4 is 5.32 Å². The van der Waals surface area contributed by atoms with Crippen LogP contribution in [0.25, 0.3) is 0 Å². The van der Waals surface area contributed by atoms with E-state index in [-0.39, 0.29) is 18.4 Å². The van der Waals surface area contributed by atoms with Crippen LogP contribution >= 0.6 is 0 Å². The third kappa shape index (κ3) is 3.62. The summed E-state index contributed by atoms with van der Waals surface area (Å²) in [6.45, 7) is 2.64. The van der Waals surface area contributed by atoms with Crippen molar-refractivity contribution in [3.63, 3.8) is 0 Å². The third-order valence-electron chi connectivity index (χ3n) is 5.36. The van der Waals surface area contributed by atoms with Crippen LogP contribution in [0.4, 0.5) is 4.79 Å². The second-order valence-electron chi connectivity index (χ2n) is 7.36. The van der Waals surface area contributed by atoms with E-state index < -0.39 is 24.1 Å². The topological polar surface area (TPSA) is 96.0 Å². The molecule has 138 valence electrons. The van der Waals surface area contributed by atoms with Gasteiger partial charge in [-0.25, -0.2) is 4.79 Å². The molecule has 1 spiro atoms. The molecule has 2 aliphatic heterocycles. The summed E-state index contributed by atoms with van der Waals surface area (Å²) in [6, 6.07) is -0.556. The van der Waals surface area contributed by atoms with Gasteiger partial charge in [-0.15, -0.1) is 0 Å². The first kappa shape index (κ1) is 17.7. The van der Waals surface area contributed by atoms with Crippen molar-refractivity contribution in [3.8, 4) is 0 Å². The average molecular weight is 351 g/mol. The number of amides is 4. The maximum atomic E-state index is 12.5. The van der Waals surface area contributed by atoms with Gasteiger partial charge in [-0.3, -0.25) is 19.3 Å². The van der Waals surface area contributed by atoms with Crippen molar-refractivity contribution < 1.29 is 23.9 Å². The van der Waals surface area contributed by atoms with E-state index in [4.69, 9.17) is 4.74 Å². The summed E-state index contributed by atoms with van der Waals surface area (Å²) in [5, 5.41) is 2.71. The van der Waals surface area contributed by atoms with Crippen molar-refractivity contribution in [2.75, 3.05) is 26.2 Å². The normalized spacial score (nSPS) is 25.4. The van der Waals surface area contributed by atoms with E-state index in [0.29, 0.717) is 31.8 Å². The Morgan fingerprint density at radius 3 is 2.64 bits per heavy atom. The number of ether oxygens (including phenoxy) is 1. The monoisotopic (exact) mass is 351 g/mol. The van der Waals surface area contributed by atoms with Gasteiger partial charge in [-0.05, 0) is 31.6 Å². The summed E-state index contributed by atoms with van der Waals surface area (Å²) in [6.07, 6.45) is 5.02. The summed E-state index contributed by atoms with van der Waals surface area (Å²) in [5.74, 6) is -0.883. The summed E-state index contributed by atoms with van der Waals surface area (Å²) in [7, 11) is 0. The largest absolute Gasteiger partial charge is 0.454 e. The van der Waals surface area contributed by atoms with Crippen LogP contribution in [-0.4, -0.2) is 65.4 Å². The molecule has 2 heterocycles. The van der Waals surface area contributed by atoms with Gasteiger partial charge in [0.15, 0.2) is 6.61 Å². The van der Waals surface area contributed by atoms with E-state index >= 15 is 0 Å². The minimum absolute atomic E-state index is 0.232. The zero-order chi connectivity index (χ0) is 18.0. The molecule has 25 heavy (non-hydrogen) atoms. The van der Waals surface area contributed by atoms with Crippen molar-refractivity contribution in [1.82, 2.24) is 15.1 Å². The predicted octanol–water partition coefficient (Wildman–Crippen LogP) is 0.653. The SMILES string of the molecule is C[C@H]1CCCN(C(=O)COC(=O)CN2C(=O)NC3(CCCC3)C2=O)C1. The number of nitrogens with one attached hydrogen (secondary N) is 1. The van der Waals surface area contributed by atoms with E-state index in [1.807, 2.05) is 0 Å². The van der Waals surface area contributed by atoms with Crippen molar-refractivity contribution in [3.05, 3.63) is 0 Å². The van der Waals surface area contributed by atoms with Gasteiger partial charge in [0, 0.05) is 13.1 Å². The van der Waals surface area contributed by atoms with Gasteiger partial charge >= 0.3 is 12.0 Å². The minimum atomic E-state index is -0.836. The molecule has 3 aliphatic rings. The molecule has 0 radical (unpaired) electrons. The summed E-state index contributed by atoms with van der Waals surface area (Å²) in [4.78, 5) is 51.2. The summed E-state index contributed by atoms with van der Waals surface area (Å²) >= 11 is 0. The number of carbonyl (C=O) groups is 4. The predicted molar refractivity (Wildman–Crippen MR) is 87.4 cm³/mol. The Morgan fingerprint density at radius 1 is 1.24 bits per heavy atom. The highest BCUT2D eigenvalue weighted by atomic mass is 16.5. The number of carbonyl (C=O) groups excluding carboxylic acids is 4. The Kier molecular flexibility index (Phi) is 4.96. The Labute approximate surface area is 146 Å².